The first kappa shape index (κ1) is 12.6. The van der Waals surface area contributed by atoms with Gasteiger partial charge in [-0.15, -0.1) is 0 Å². The molecule has 0 saturated carbocycles. The molecular weight excluding hydrogens is 208 g/mol. The molecular formula is C10H18N4O2. The van der Waals surface area contributed by atoms with E-state index in [2.05, 4.69) is 26.9 Å². The fraction of sp³-hybridized carbons (Fsp3) is 0.700. The normalized spacial score (nSPS) is 12.4. The maximum atomic E-state index is 11.5. The molecule has 90 valence electrons. The van der Waals surface area contributed by atoms with Crippen LogP contribution in [0.1, 0.15) is 32.0 Å². The van der Waals surface area contributed by atoms with Crippen molar-refractivity contribution in [2.45, 2.75) is 38.6 Å². The molecule has 1 rings (SSSR count). The van der Waals surface area contributed by atoms with E-state index >= 15 is 0 Å². The SMILES string of the molecule is CCCCC(N)C(=O)NCCc1ncon1. The van der Waals surface area contributed by atoms with Crippen molar-refractivity contribution in [2.24, 2.45) is 5.73 Å². The number of nitrogens with two attached hydrogens (primary N) is 1. The van der Waals surface area contributed by atoms with Gasteiger partial charge in [-0.25, -0.2) is 0 Å². The number of unbranched alkanes of at least 4 members (excludes halogenated alkanes) is 1. The summed E-state index contributed by atoms with van der Waals surface area (Å²) in [6.07, 6.45) is 4.57. The molecule has 1 atom stereocenters. The summed E-state index contributed by atoms with van der Waals surface area (Å²) in [5.74, 6) is 0.472. The van der Waals surface area contributed by atoms with Gasteiger partial charge in [-0.1, -0.05) is 24.9 Å². The smallest absolute Gasteiger partial charge is 0.236 e. The molecule has 1 unspecified atom stereocenters. The number of carbonyl (C=O) groups excluding carboxylic acids is 1. The third kappa shape index (κ3) is 4.39. The van der Waals surface area contributed by atoms with Crippen LogP contribution in [-0.4, -0.2) is 28.6 Å². The lowest BCUT2D eigenvalue weighted by Gasteiger charge is -2.10. The summed E-state index contributed by atoms with van der Waals surface area (Å²) < 4.78 is 4.57. The Morgan fingerprint density at radius 2 is 2.50 bits per heavy atom. The number of hydrogen-bond acceptors (Lipinski definition) is 5. The van der Waals surface area contributed by atoms with Crippen LogP contribution >= 0.6 is 0 Å². The van der Waals surface area contributed by atoms with Gasteiger partial charge in [0.15, 0.2) is 5.82 Å². The minimum atomic E-state index is -0.412. The van der Waals surface area contributed by atoms with Gasteiger partial charge < -0.3 is 15.6 Å². The first-order valence-electron chi connectivity index (χ1n) is 5.52. The van der Waals surface area contributed by atoms with Gasteiger partial charge in [0.1, 0.15) is 0 Å². The van der Waals surface area contributed by atoms with Crippen molar-refractivity contribution >= 4 is 5.91 Å². The summed E-state index contributed by atoms with van der Waals surface area (Å²) >= 11 is 0. The average molecular weight is 226 g/mol. The fourth-order valence-corrected chi connectivity index (χ4v) is 1.29. The molecule has 1 aromatic heterocycles. The first-order chi connectivity index (χ1) is 7.74. The first-order valence-corrected chi connectivity index (χ1v) is 5.52. The Morgan fingerprint density at radius 1 is 1.69 bits per heavy atom. The van der Waals surface area contributed by atoms with E-state index in [-0.39, 0.29) is 5.91 Å². The van der Waals surface area contributed by atoms with Gasteiger partial charge >= 0.3 is 0 Å². The van der Waals surface area contributed by atoms with Crippen molar-refractivity contribution in [3.8, 4) is 0 Å². The second-order valence-corrected chi connectivity index (χ2v) is 3.64. The molecule has 0 aliphatic heterocycles. The summed E-state index contributed by atoms with van der Waals surface area (Å²) in [7, 11) is 0. The molecule has 0 fully saturated rings. The molecule has 0 aliphatic rings. The van der Waals surface area contributed by atoms with E-state index in [1.165, 1.54) is 6.39 Å². The molecule has 16 heavy (non-hydrogen) atoms. The molecule has 0 saturated heterocycles. The van der Waals surface area contributed by atoms with Crippen LogP contribution in [0.4, 0.5) is 0 Å². The highest BCUT2D eigenvalue weighted by atomic mass is 16.5. The van der Waals surface area contributed by atoms with Crippen LogP contribution in [0, 0.1) is 0 Å². The number of nitrogens with zero attached hydrogens (tertiary/aromatic N) is 2. The third-order valence-electron chi connectivity index (χ3n) is 2.26. The van der Waals surface area contributed by atoms with E-state index < -0.39 is 6.04 Å². The predicted molar refractivity (Wildman–Crippen MR) is 58.5 cm³/mol. The average Bonchev–Trinajstić information content (AvgIpc) is 2.78. The maximum absolute atomic E-state index is 11.5. The van der Waals surface area contributed by atoms with E-state index in [0.29, 0.717) is 18.8 Å². The van der Waals surface area contributed by atoms with Crippen LogP contribution in [0.15, 0.2) is 10.9 Å². The Balaban J connectivity index is 2.14. The van der Waals surface area contributed by atoms with Gasteiger partial charge in [0, 0.05) is 13.0 Å². The van der Waals surface area contributed by atoms with E-state index in [4.69, 9.17) is 5.73 Å². The molecule has 0 radical (unpaired) electrons. The summed E-state index contributed by atoms with van der Waals surface area (Å²) in [5.41, 5.74) is 5.70. The third-order valence-corrected chi connectivity index (χ3v) is 2.26. The van der Waals surface area contributed by atoms with Crippen LogP contribution < -0.4 is 11.1 Å². The fourth-order valence-electron chi connectivity index (χ4n) is 1.29. The number of carbonyl (C=O) groups is 1. The standard InChI is InChI=1S/C10H18N4O2/c1-2-3-4-8(11)10(15)12-6-5-9-13-7-16-14-9/h7-8H,2-6,11H2,1H3,(H,12,15). The molecule has 6 heteroatoms. The highest BCUT2D eigenvalue weighted by molar-refractivity contribution is 5.81. The second kappa shape index (κ2) is 6.95. The Morgan fingerprint density at radius 3 is 3.12 bits per heavy atom. The lowest BCUT2D eigenvalue weighted by Crippen LogP contribution is -2.41. The Labute approximate surface area is 94.6 Å². The second-order valence-electron chi connectivity index (χ2n) is 3.64. The van der Waals surface area contributed by atoms with Crippen molar-refractivity contribution in [3.05, 3.63) is 12.2 Å². The zero-order valence-electron chi connectivity index (χ0n) is 9.48. The van der Waals surface area contributed by atoms with Gasteiger partial charge in [-0.2, -0.15) is 4.98 Å². The summed E-state index contributed by atoms with van der Waals surface area (Å²) in [6, 6.07) is -0.412. The molecule has 1 heterocycles. The maximum Gasteiger partial charge on any atom is 0.236 e. The summed E-state index contributed by atoms with van der Waals surface area (Å²) in [5, 5.41) is 6.38. The van der Waals surface area contributed by atoms with Crippen molar-refractivity contribution in [1.82, 2.24) is 15.5 Å². The lowest BCUT2D eigenvalue weighted by molar-refractivity contribution is -0.122. The van der Waals surface area contributed by atoms with Gasteiger partial charge in [-0.3, -0.25) is 4.79 Å². The Bertz CT molecular complexity index is 300. The molecule has 1 aromatic rings. The summed E-state index contributed by atoms with van der Waals surface area (Å²) in [4.78, 5) is 15.3. The molecule has 6 nitrogen and oxygen atoms in total. The van der Waals surface area contributed by atoms with Gasteiger partial charge in [0.25, 0.3) is 0 Å². The van der Waals surface area contributed by atoms with Crippen LogP contribution in [0.2, 0.25) is 0 Å². The zero-order chi connectivity index (χ0) is 11.8. The lowest BCUT2D eigenvalue weighted by atomic mass is 10.1. The molecule has 0 spiro atoms. The van der Waals surface area contributed by atoms with Crippen molar-refractivity contribution in [3.63, 3.8) is 0 Å². The largest absolute Gasteiger partial charge is 0.354 e. The Hall–Kier alpha value is -1.43. The quantitative estimate of drug-likeness (QED) is 0.694. The number of aromatic nitrogens is 2. The van der Waals surface area contributed by atoms with Crippen molar-refractivity contribution in [1.29, 1.82) is 0 Å². The van der Waals surface area contributed by atoms with Crippen LogP contribution in [0.5, 0.6) is 0 Å². The monoisotopic (exact) mass is 226 g/mol. The minimum Gasteiger partial charge on any atom is -0.354 e. The summed E-state index contributed by atoms with van der Waals surface area (Å²) in [6.45, 7) is 2.55. The van der Waals surface area contributed by atoms with Gasteiger partial charge in [-0.05, 0) is 6.42 Å². The highest BCUT2D eigenvalue weighted by Gasteiger charge is 2.11. The number of rotatable bonds is 7. The highest BCUT2D eigenvalue weighted by Crippen LogP contribution is 1.98. The van der Waals surface area contributed by atoms with Crippen molar-refractivity contribution < 1.29 is 9.32 Å². The molecule has 3 N–H and O–H groups in total. The van der Waals surface area contributed by atoms with Crippen LogP contribution in [-0.2, 0) is 11.2 Å². The minimum absolute atomic E-state index is 0.114. The Kier molecular flexibility index (Phi) is 5.49. The van der Waals surface area contributed by atoms with Gasteiger partial charge in [0.05, 0.1) is 6.04 Å². The van der Waals surface area contributed by atoms with E-state index in [9.17, 15) is 4.79 Å². The number of hydrogen-bond donors (Lipinski definition) is 2. The van der Waals surface area contributed by atoms with Gasteiger partial charge in [0.2, 0.25) is 12.3 Å². The van der Waals surface area contributed by atoms with Crippen LogP contribution in [0.25, 0.3) is 0 Å². The predicted octanol–water partition coefficient (Wildman–Crippen LogP) is 0.246. The number of amides is 1. The zero-order valence-corrected chi connectivity index (χ0v) is 9.48. The van der Waals surface area contributed by atoms with Crippen LogP contribution in [0.3, 0.4) is 0 Å². The van der Waals surface area contributed by atoms with Crippen molar-refractivity contribution in [2.75, 3.05) is 6.54 Å². The number of nitrogens with one attached hydrogen (secondary N) is 1. The van der Waals surface area contributed by atoms with E-state index in [1.54, 1.807) is 0 Å². The topological polar surface area (TPSA) is 94.0 Å². The molecule has 0 bridgehead atoms. The van der Waals surface area contributed by atoms with E-state index in [1.807, 2.05) is 0 Å². The molecule has 0 aromatic carbocycles. The van der Waals surface area contributed by atoms with E-state index in [0.717, 1.165) is 19.3 Å². The molecule has 0 aliphatic carbocycles. The molecule has 1 amide bonds.